The summed E-state index contributed by atoms with van der Waals surface area (Å²) in [5, 5.41) is 1.15. The van der Waals surface area contributed by atoms with Gasteiger partial charge in [-0.15, -0.1) is 0 Å². The highest BCUT2D eigenvalue weighted by Crippen LogP contribution is 2.21. The molecule has 27 heavy (non-hydrogen) atoms. The Kier molecular flexibility index (Phi) is 7.19. The number of likely N-dealkylation sites (N-methyl/N-ethyl adjacent to an activating group) is 1. The zero-order chi connectivity index (χ0) is 19.9. The van der Waals surface area contributed by atoms with Gasteiger partial charge in [-0.25, -0.2) is 8.42 Å². The molecule has 0 spiro atoms. The van der Waals surface area contributed by atoms with Crippen molar-refractivity contribution < 1.29 is 13.2 Å². The smallest absolute Gasteiger partial charge is 0.257 e. The van der Waals surface area contributed by atoms with Crippen molar-refractivity contribution in [2.75, 3.05) is 23.9 Å². The van der Waals surface area contributed by atoms with E-state index in [0.717, 1.165) is 20.8 Å². The van der Waals surface area contributed by atoms with Crippen molar-refractivity contribution in [3.05, 3.63) is 71.1 Å². The predicted octanol–water partition coefficient (Wildman–Crippen LogP) is 3.67. The van der Waals surface area contributed by atoms with E-state index in [9.17, 15) is 13.2 Å². The third-order valence-electron chi connectivity index (χ3n) is 4.26. The molecule has 0 aliphatic carbocycles. The standard InChI is InChI=1S/C21H26N2O3S/c1-4-22(5-2)21(24)17-23(20-13-11-18(3)12-14-20)27(25,26)16-15-19-9-7-6-8-10-19/h6-16H,4-5,17H2,1-3H3/b16-15+. The number of carbonyl (C=O) groups excluding carboxylic acids is 1. The SMILES string of the molecule is CCN(CC)C(=O)CN(c1ccc(C)cc1)S(=O)(=O)/C=C/c1ccccc1. The van der Waals surface area contributed by atoms with E-state index in [1.807, 2.05) is 63.2 Å². The number of sulfonamides is 1. The third-order valence-corrected chi connectivity index (χ3v) is 5.69. The first-order valence-electron chi connectivity index (χ1n) is 8.97. The van der Waals surface area contributed by atoms with Crippen LogP contribution in [0.25, 0.3) is 6.08 Å². The maximum atomic E-state index is 13.0. The monoisotopic (exact) mass is 386 g/mol. The molecule has 0 heterocycles. The summed E-state index contributed by atoms with van der Waals surface area (Å²) in [6.45, 7) is 6.53. The Morgan fingerprint density at radius 1 is 0.963 bits per heavy atom. The van der Waals surface area contributed by atoms with E-state index < -0.39 is 10.0 Å². The second-order valence-corrected chi connectivity index (χ2v) is 7.91. The predicted molar refractivity (Wildman–Crippen MR) is 111 cm³/mol. The van der Waals surface area contributed by atoms with Crippen molar-refractivity contribution in [1.82, 2.24) is 4.90 Å². The molecule has 0 aliphatic heterocycles. The van der Waals surface area contributed by atoms with Crippen LogP contribution >= 0.6 is 0 Å². The lowest BCUT2D eigenvalue weighted by atomic mass is 10.2. The lowest BCUT2D eigenvalue weighted by Gasteiger charge is -2.26. The number of anilines is 1. The van der Waals surface area contributed by atoms with E-state index >= 15 is 0 Å². The van der Waals surface area contributed by atoms with Gasteiger partial charge in [0, 0.05) is 13.1 Å². The van der Waals surface area contributed by atoms with Gasteiger partial charge in [0.05, 0.1) is 11.1 Å². The first-order chi connectivity index (χ1) is 12.9. The zero-order valence-corrected chi connectivity index (χ0v) is 16.8. The Morgan fingerprint density at radius 3 is 2.11 bits per heavy atom. The van der Waals surface area contributed by atoms with Crippen LogP contribution in [0, 0.1) is 6.92 Å². The van der Waals surface area contributed by atoms with Crippen LogP contribution in [0.3, 0.4) is 0 Å². The molecule has 2 rings (SSSR count). The molecule has 144 valence electrons. The van der Waals surface area contributed by atoms with Gasteiger partial charge >= 0.3 is 0 Å². The molecule has 1 amide bonds. The Labute approximate surface area is 162 Å². The lowest BCUT2D eigenvalue weighted by Crippen LogP contribution is -2.42. The highest BCUT2D eigenvalue weighted by atomic mass is 32.2. The summed E-state index contributed by atoms with van der Waals surface area (Å²) in [7, 11) is -3.83. The van der Waals surface area contributed by atoms with Gasteiger partial charge in [0.1, 0.15) is 6.54 Å². The topological polar surface area (TPSA) is 57.7 Å². The summed E-state index contributed by atoms with van der Waals surface area (Å²) < 4.78 is 27.1. The largest absolute Gasteiger partial charge is 0.342 e. The number of hydrogen-bond donors (Lipinski definition) is 0. The normalized spacial score (nSPS) is 11.5. The maximum absolute atomic E-state index is 13.0. The maximum Gasteiger partial charge on any atom is 0.257 e. The average Bonchev–Trinajstić information content (AvgIpc) is 2.67. The minimum Gasteiger partial charge on any atom is -0.342 e. The molecule has 5 nitrogen and oxygen atoms in total. The van der Waals surface area contributed by atoms with Gasteiger partial charge in [0.25, 0.3) is 10.0 Å². The number of nitrogens with zero attached hydrogens (tertiary/aromatic N) is 2. The van der Waals surface area contributed by atoms with Crippen LogP contribution in [0.4, 0.5) is 5.69 Å². The van der Waals surface area contributed by atoms with Gasteiger partial charge in [-0.3, -0.25) is 9.10 Å². The number of hydrogen-bond acceptors (Lipinski definition) is 3. The molecular weight excluding hydrogens is 360 g/mol. The molecule has 0 N–H and O–H groups in total. The van der Waals surface area contributed by atoms with Crippen molar-refractivity contribution in [2.45, 2.75) is 20.8 Å². The molecule has 2 aromatic carbocycles. The fourth-order valence-corrected chi connectivity index (χ4v) is 3.82. The van der Waals surface area contributed by atoms with E-state index in [1.165, 1.54) is 0 Å². The second kappa shape index (κ2) is 9.37. The van der Waals surface area contributed by atoms with Crippen LogP contribution in [0.15, 0.2) is 60.0 Å². The molecule has 0 aromatic heterocycles. The lowest BCUT2D eigenvalue weighted by molar-refractivity contribution is -0.129. The molecule has 0 fully saturated rings. The molecule has 0 unspecified atom stereocenters. The van der Waals surface area contributed by atoms with Crippen molar-refractivity contribution >= 4 is 27.7 Å². The molecule has 0 bridgehead atoms. The number of aryl methyl sites for hydroxylation is 1. The molecular formula is C21H26N2O3S. The van der Waals surface area contributed by atoms with Gasteiger partial charge in [-0.2, -0.15) is 0 Å². The van der Waals surface area contributed by atoms with Crippen LogP contribution in [0.1, 0.15) is 25.0 Å². The second-order valence-electron chi connectivity index (χ2n) is 6.17. The molecule has 0 aliphatic rings. The summed E-state index contributed by atoms with van der Waals surface area (Å²) in [5.74, 6) is -0.225. The van der Waals surface area contributed by atoms with Crippen molar-refractivity contribution in [1.29, 1.82) is 0 Å². The van der Waals surface area contributed by atoms with E-state index in [1.54, 1.807) is 23.1 Å². The molecule has 0 saturated carbocycles. The summed E-state index contributed by atoms with van der Waals surface area (Å²) in [6, 6.07) is 16.3. The Balaban J connectivity index is 2.37. The van der Waals surface area contributed by atoms with Gasteiger partial charge < -0.3 is 4.90 Å². The van der Waals surface area contributed by atoms with Crippen LogP contribution in [-0.4, -0.2) is 38.9 Å². The summed E-state index contributed by atoms with van der Waals surface area (Å²) in [4.78, 5) is 14.2. The van der Waals surface area contributed by atoms with Gasteiger partial charge in [0.15, 0.2) is 0 Å². The van der Waals surface area contributed by atoms with Gasteiger partial charge in [-0.05, 0) is 44.5 Å². The van der Waals surface area contributed by atoms with Crippen LogP contribution in [-0.2, 0) is 14.8 Å². The van der Waals surface area contributed by atoms with Crippen molar-refractivity contribution in [3.63, 3.8) is 0 Å². The number of amides is 1. The van der Waals surface area contributed by atoms with Crippen LogP contribution < -0.4 is 4.31 Å². The zero-order valence-electron chi connectivity index (χ0n) is 16.0. The first-order valence-corrected chi connectivity index (χ1v) is 10.5. The van der Waals surface area contributed by atoms with Crippen molar-refractivity contribution in [2.24, 2.45) is 0 Å². The summed E-state index contributed by atoms with van der Waals surface area (Å²) >= 11 is 0. The van der Waals surface area contributed by atoms with Crippen LogP contribution in [0.2, 0.25) is 0 Å². The number of benzene rings is 2. The Hall–Kier alpha value is -2.60. The minimum atomic E-state index is -3.83. The number of rotatable bonds is 8. The van der Waals surface area contributed by atoms with Crippen molar-refractivity contribution in [3.8, 4) is 0 Å². The average molecular weight is 387 g/mol. The van der Waals surface area contributed by atoms with E-state index in [4.69, 9.17) is 0 Å². The molecule has 6 heteroatoms. The van der Waals surface area contributed by atoms with Gasteiger partial charge in [0.2, 0.25) is 5.91 Å². The minimum absolute atomic E-state index is 0.225. The summed E-state index contributed by atoms with van der Waals surface area (Å²) in [6.07, 6.45) is 1.54. The number of carbonyl (C=O) groups is 1. The van der Waals surface area contributed by atoms with E-state index in [-0.39, 0.29) is 12.5 Å². The highest BCUT2D eigenvalue weighted by Gasteiger charge is 2.24. The van der Waals surface area contributed by atoms with E-state index in [2.05, 4.69) is 0 Å². The molecule has 0 saturated heterocycles. The van der Waals surface area contributed by atoms with E-state index in [0.29, 0.717) is 18.8 Å². The molecule has 2 aromatic rings. The highest BCUT2D eigenvalue weighted by molar-refractivity contribution is 7.95. The fraction of sp³-hybridized carbons (Fsp3) is 0.286. The van der Waals surface area contributed by atoms with Gasteiger partial charge in [-0.1, -0.05) is 48.0 Å². The Morgan fingerprint density at radius 2 is 1.56 bits per heavy atom. The third kappa shape index (κ3) is 5.69. The first kappa shape index (κ1) is 20.7. The van der Waals surface area contributed by atoms with Crippen LogP contribution in [0.5, 0.6) is 0 Å². The quantitative estimate of drug-likeness (QED) is 0.695. The fourth-order valence-electron chi connectivity index (χ4n) is 2.64. The molecule has 0 radical (unpaired) electrons. The summed E-state index contributed by atoms with van der Waals surface area (Å²) in [5.41, 5.74) is 2.27. The molecule has 0 atom stereocenters. The Bertz CT molecular complexity index is 871.